The van der Waals surface area contributed by atoms with Gasteiger partial charge in [0, 0.05) is 0 Å². The second-order valence-electron chi connectivity index (χ2n) is 11.5. The number of fused-ring (bicyclic) bond motifs is 2. The molecule has 0 saturated carbocycles. The monoisotopic (exact) mass is 566 g/mol. The Kier molecular flexibility index (Phi) is 9.33. The van der Waals surface area contributed by atoms with Crippen LogP contribution in [0.15, 0.2) is 29.6 Å². The minimum Gasteiger partial charge on any atom is -1.00 e. The molecule has 2 heterocycles. The van der Waals surface area contributed by atoms with Gasteiger partial charge in [-0.05, 0) is 0 Å². The summed E-state index contributed by atoms with van der Waals surface area (Å²) in [5, 5.41) is 2.20. The second kappa shape index (κ2) is 10.8. The van der Waals surface area contributed by atoms with E-state index in [-0.39, 0.29) is 41.6 Å². The zero-order chi connectivity index (χ0) is 24.3. The molecule has 0 unspecified atom stereocenters. The Morgan fingerprint density at radius 1 is 0.714 bits per heavy atom. The minimum atomic E-state index is -1.09. The maximum absolute atomic E-state index is 6.55. The molecule has 35 heavy (non-hydrogen) atoms. The van der Waals surface area contributed by atoms with E-state index in [9.17, 15) is 0 Å². The van der Waals surface area contributed by atoms with E-state index in [1.165, 1.54) is 49.4 Å². The molecule has 1 aliphatic heterocycles. The van der Waals surface area contributed by atoms with Gasteiger partial charge in [0.2, 0.25) is 0 Å². The standard InChI is InChI=1S/C29H38O2S.2ClH.Ti/c1-16-14-18(3)26(30)22(24(16)28(5,6)7)21(20-12-11-13-32-20)23-25(29(8,9)10)17(2)15-19(4)27(23)31;;;/h11-15,21,30-31H,1-10H3;2*1H;/q;;;+4/p-4. The molecule has 0 aliphatic carbocycles. The van der Waals surface area contributed by atoms with Crippen LogP contribution in [0.5, 0.6) is 11.5 Å². The molecular weight excluding hydrogens is 531 g/mol. The van der Waals surface area contributed by atoms with E-state index in [1.807, 2.05) is 11.3 Å². The van der Waals surface area contributed by atoms with E-state index >= 15 is 0 Å². The third kappa shape index (κ3) is 5.50. The summed E-state index contributed by atoms with van der Waals surface area (Å²) in [4.78, 5) is 1.35. The molecule has 2 nitrogen and oxygen atoms in total. The largest absolute Gasteiger partial charge is 1.00 e. The molecule has 0 spiro atoms. The van der Waals surface area contributed by atoms with Crippen molar-refractivity contribution in [2.24, 2.45) is 0 Å². The van der Waals surface area contributed by atoms with Crippen molar-refractivity contribution in [2.45, 2.75) is 86.0 Å². The number of rotatable bonds is 1. The van der Waals surface area contributed by atoms with Gasteiger partial charge in [-0.25, -0.2) is 0 Å². The molecule has 0 atom stereocenters. The molecule has 0 bridgehead atoms. The molecule has 0 fully saturated rings. The average molecular weight is 567 g/mol. The van der Waals surface area contributed by atoms with E-state index in [0.29, 0.717) is 0 Å². The molecule has 4 rings (SSSR count). The van der Waals surface area contributed by atoms with E-state index < -0.39 is 19.9 Å². The van der Waals surface area contributed by atoms with Crippen LogP contribution in [0.4, 0.5) is 0 Å². The number of hydrogen-bond donors (Lipinski definition) is 0. The maximum Gasteiger partial charge on any atom is -1.00 e. The predicted molar refractivity (Wildman–Crippen MR) is 136 cm³/mol. The van der Waals surface area contributed by atoms with Crippen LogP contribution in [-0.4, -0.2) is 0 Å². The molecular formula is C29H36Cl2O2STi. The van der Waals surface area contributed by atoms with Gasteiger partial charge in [0.25, 0.3) is 0 Å². The van der Waals surface area contributed by atoms with Gasteiger partial charge < -0.3 is 24.8 Å². The first kappa shape index (κ1) is 30.3. The average Bonchev–Trinajstić information content (AvgIpc) is 3.15. The van der Waals surface area contributed by atoms with Crippen LogP contribution in [0.1, 0.15) is 96.8 Å². The topological polar surface area (TPSA) is 18.5 Å². The number of aryl methyl sites for hydroxylation is 4. The Labute approximate surface area is 237 Å². The van der Waals surface area contributed by atoms with E-state index in [1.54, 1.807) is 0 Å². The summed E-state index contributed by atoms with van der Waals surface area (Å²) in [6, 6.07) is 9.05. The number of hydrogen-bond acceptors (Lipinski definition) is 3. The smallest absolute Gasteiger partial charge is 1.00 e. The molecule has 0 radical (unpaired) electrons. The zero-order valence-corrected chi connectivity index (χ0v) is 26.3. The SMILES string of the molecule is Cc1cc(C)c(C(C)(C)C)c2c1[O][Ti+2][O]c1c(C)cc(C)c(C(C)(C)C)c1C2c1cccs1.[Cl-].[Cl-]. The van der Waals surface area contributed by atoms with Gasteiger partial charge in [-0.15, -0.1) is 0 Å². The van der Waals surface area contributed by atoms with Gasteiger partial charge in [0.1, 0.15) is 0 Å². The minimum absolute atomic E-state index is 0. The first-order valence-electron chi connectivity index (χ1n) is 11.7. The normalized spacial score (nSPS) is 13.3. The predicted octanol–water partition coefficient (Wildman–Crippen LogP) is 2.45. The maximum atomic E-state index is 6.55. The van der Waals surface area contributed by atoms with Gasteiger partial charge in [-0.2, -0.15) is 0 Å². The van der Waals surface area contributed by atoms with Crippen molar-refractivity contribution in [1.82, 2.24) is 0 Å². The first-order valence-corrected chi connectivity index (χ1v) is 13.9. The van der Waals surface area contributed by atoms with Crippen molar-refractivity contribution in [3.8, 4) is 11.5 Å². The summed E-state index contributed by atoms with van der Waals surface area (Å²) in [6.45, 7) is 22.9. The summed E-state index contributed by atoms with van der Waals surface area (Å²) in [6.07, 6.45) is 0. The van der Waals surface area contributed by atoms with Crippen molar-refractivity contribution in [3.05, 3.63) is 79.0 Å². The summed E-state index contributed by atoms with van der Waals surface area (Å²) in [5.41, 5.74) is 10.5. The van der Waals surface area contributed by atoms with Gasteiger partial charge in [0.15, 0.2) is 0 Å². The van der Waals surface area contributed by atoms with Gasteiger partial charge in [-0.3, -0.25) is 0 Å². The fourth-order valence-electron chi connectivity index (χ4n) is 5.80. The number of thiophene rings is 1. The molecule has 1 aliphatic rings. The van der Waals surface area contributed by atoms with Crippen LogP contribution in [0.25, 0.3) is 0 Å². The zero-order valence-electron chi connectivity index (χ0n) is 22.4. The van der Waals surface area contributed by atoms with E-state index in [2.05, 4.69) is 98.9 Å². The Balaban J connectivity index is 0.00000216. The van der Waals surface area contributed by atoms with Crippen LogP contribution >= 0.6 is 11.3 Å². The van der Waals surface area contributed by atoms with E-state index in [4.69, 9.17) is 6.64 Å². The molecule has 6 heteroatoms. The molecule has 2 aromatic carbocycles. The molecule has 188 valence electrons. The van der Waals surface area contributed by atoms with Crippen molar-refractivity contribution in [3.63, 3.8) is 0 Å². The van der Waals surface area contributed by atoms with Crippen LogP contribution < -0.4 is 31.5 Å². The van der Waals surface area contributed by atoms with Crippen LogP contribution in [0, 0.1) is 27.7 Å². The van der Waals surface area contributed by atoms with Gasteiger partial charge >= 0.3 is 214 Å². The van der Waals surface area contributed by atoms with Crippen molar-refractivity contribution >= 4 is 11.3 Å². The van der Waals surface area contributed by atoms with Crippen LogP contribution in [0.2, 0.25) is 0 Å². The summed E-state index contributed by atoms with van der Waals surface area (Å²) >= 11 is 0.741. The number of benzene rings is 2. The fourth-order valence-corrected chi connectivity index (χ4v) is 7.82. The summed E-state index contributed by atoms with van der Waals surface area (Å²) in [5.74, 6) is 2.14. The third-order valence-electron chi connectivity index (χ3n) is 6.59. The van der Waals surface area contributed by atoms with E-state index in [0.717, 1.165) is 11.5 Å². The van der Waals surface area contributed by atoms with Crippen LogP contribution in [-0.2, 0) is 30.8 Å². The van der Waals surface area contributed by atoms with Crippen molar-refractivity contribution in [1.29, 1.82) is 0 Å². The molecule has 0 N–H and O–H groups in total. The molecule has 0 amide bonds. The first-order chi connectivity index (χ1) is 15.3. The summed E-state index contributed by atoms with van der Waals surface area (Å²) < 4.78 is 13.1. The molecule has 0 saturated heterocycles. The van der Waals surface area contributed by atoms with Gasteiger partial charge in [-0.1, -0.05) is 0 Å². The molecule has 3 aromatic rings. The quantitative estimate of drug-likeness (QED) is 0.421. The van der Waals surface area contributed by atoms with Crippen LogP contribution in [0.3, 0.4) is 0 Å². The Morgan fingerprint density at radius 3 is 1.49 bits per heavy atom. The molecule has 1 aromatic heterocycles. The fraction of sp³-hybridized carbons (Fsp3) is 0.448. The number of halogens is 2. The van der Waals surface area contributed by atoms with Crippen molar-refractivity contribution < 1.29 is 51.4 Å². The second-order valence-corrected chi connectivity index (χ2v) is 13.4. The Hall–Kier alpha value is -0.966. The van der Waals surface area contributed by atoms with Crippen molar-refractivity contribution in [2.75, 3.05) is 0 Å². The Bertz CT molecular complexity index is 1130. The summed E-state index contributed by atoms with van der Waals surface area (Å²) in [7, 11) is 0. The van der Waals surface area contributed by atoms with Gasteiger partial charge in [0.05, 0.1) is 0 Å². The third-order valence-corrected chi connectivity index (χ3v) is 8.43. The Morgan fingerprint density at radius 2 is 1.14 bits per heavy atom.